The normalized spacial score (nSPS) is 18.0. The Bertz CT molecular complexity index is 439. The molecule has 1 aromatic rings. The van der Waals surface area contributed by atoms with Gasteiger partial charge in [-0.2, -0.15) is 0 Å². The van der Waals surface area contributed by atoms with Crippen LogP contribution in [0.2, 0.25) is 0 Å². The lowest BCUT2D eigenvalue weighted by Crippen LogP contribution is -2.21. The zero-order chi connectivity index (χ0) is 12.8. The third-order valence-corrected chi connectivity index (χ3v) is 3.68. The molecule has 2 rings (SSSR count). The average Bonchev–Trinajstić information content (AvgIpc) is 2.95. The highest BCUT2D eigenvalue weighted by atomic mass is 16.5. The highest BCUT2D eigenvalue weighted by Crippen LogP contribution is 2.46. The van der Waals surface area contributed by atoms with Crippen LogP contribution in [0.25, 0.3) is 0 Å². The minimum Gasteiger partial charge on any atom is -0.496 e. The third-order valence-electron chi connectivity index (χ3n) is 3.68. The molecule has 1 fully saturated rings. The number of nitrogens with two attached hydrogens (primary N) is 1. The molecule has 2 N–H and O–H groups in total. The van der Waals surface area contributed by atoms with E-state index in [9.17, 15) is 0 Å². The van der Waals surface area contributed by atoms with Crippen LogP contribution in [-0.2, 0) is 11.0 Å². The van der Waals surface area contributed by atoms with E-state index in [0.717, 1.165) is 18.6 Å². The first kappa shape index (κ1) is 12.4. The lowest BCUT2D eigenvalue weighted by atomic mass is 9.83. The summed E-state index contributed by atoms with van der Waals surface area (Å²) in [4.78, 5) is 0. The van der Waals surface area contributed by atoms with Crippen molar-refractivity contribution in [2.75, 3.05) is 7.11 Å². The summed E-state index contributed by atoms with van der Waals surface area (Å²) >= 11 is 0. The fourth-order valence-electron chi connectivity index (χ4n) is 2.38. The third kappa shape index (κ3) is 2.19. The quantitative estimate of drug-likeness (QED) is 0.851. The number of hydrogen-bond donors (Lipinski definition) is 1. The zero-order valence-corrected chi connectivity index (χ0v) is 11.6. The fourth-order valence-corrected chi connectivity index (χ4v) is 2.38. The van der Waals surface area contributed by atoms with Crippen molar-refractivity contribution in [3.8, 4) is 5.75 Å². The Labute approximate surface area is 104 Å². The summed E-state index contributed by atoms with van der Waals surface area (Å²) in [6, 6.07) is 4.38. The van der Waals surface area contributed by atoms with Gasteiger partial charge in [0, 0.05) is 5.54 Å². The van der Waals surface area contributed by atoms with E-state index in [2.05, 4.69) is 39.8 Å². The van der Waals surface area contributed by atoms with E-state index in [1.54, 1.807) is 7.11 Å². The molecule has 0 heterocycles. The molecule has 0 saturated heterocycles. The molecule has 17 heavy (non-hydrogen) atoms. The Morgan fingerprint density at radius 2 is 1.82 bits per heavy atom. The van der Waals surface area contributed by atoms with Crippen LogP contribution >= 0.6 is 0 Å². The summed E-state index contributed by atoms with van der Waals surface area (Å²) in [5, 5.41) is 0. The Kier molecular flexibility index (Phi) is 2.74. The number of aryl methyl sites for hydroxylation is 1. The molecular formula is C15H23NO. The molecule has 0 spiro atoms. The largest absolute Gasteiger partial charge is 0.496 e. The van der Waals surface area contributed by atoms with Gasteiger partial charge in [-0.15, -0.1) is 0 Å². The summed E-state index contributed by atoms with van der Waals surface area (Å²) < 4.78 is 5.53. The Hall–Kier alpha value is -1.02. The maximum atomic E-state index is 6.30. The molecule has 2 heteroatoms. The van der Waals surface area contributed by atoms with Crippen LogP contribution in [0.1, 0.15) is 50.3 Å². The molecule has 1 aliphatic carbocycles. The van der Waals surface area contributed by atoms with Gasteiger partial charge in [0.25, 0.3) is 0 Å². The monoisotopic (exact) mass is 233 g/mol. The topological polar surface area (TPSA) is 35.2 Å². The molecule has 1 aliphatic rings. The predicted molar refractivity (Wildman–Crippen MR) is 71.5 cm³/mol. The highest BCUT2D eigenvalue weighted by molar-refractivity contribution is 5.49. The number of benzene rings is 1. The maximum absolute atomic E-state index is 6.30. The number of ether oxygens (including phenoxy) is 1. The van der Waals surface area contributed by atoms with Crippen molar-refractivity contribution in [2.45, 2.75) is 51.5 Å². The van der Waals surface area contributed by atoms with E-state index in [1.165, 1.54) is 16.7 Å². The molecular weight excluding hydrogens is 210 g/mol. The van der Waals surface area contributed by atoms with Crippen molar-refractivity contribution in [3.63, 3.8) is 0 Å². The minimum absolute atomic E-state index is 0.0895. The van der Waals surface area contributed by atoms with E-state index in [1.807, 2.05) is 0 Å². The second-order valence-electron chi connectivity index (χ2n) is 6.27. The van der Waals surface area contributed by atoms with Gasteiger partial charge in [-0.25, -0.2) is 0 Å². The summed E-state index contributed by atoms with van der Waals surface area (Å²) in [7, 11) is 1.74. The van der Waals surface area contributed by atoms with Crippen molar-refractivity contribution < 1.29 is 4.74 Å². The standard InChI is InChI=1S/C15H23NO/c1-10-8-12(14(2,3)4)13(17-5)9-11(10)15(16)6-7-15/h8-9H,6-7,16H2,1-5H3. The summed E-state index contributed by atoms with van der Waals surface area (Å²) in [5.41, 5.74) is 10.1. The molecule has 0 aliphatic heterocycles. The van der Waals surface area contributed by atoms with Crippen LogP contribution in [0.15, 0.2) is 12.1 Å². The van der Waals surface area contributed by atoms with E-state index >= 15 is 0 Å². The number of methoxy groups -OCH3 is 1. The lowest BCUT2D eigenvalue weighted by Gasteiger charge is -2.25. The summed E-state index contributed by atoms with van der Waals surface area (Å²) in [5.74, 6) is 0.967. The summed E-state index contributed by atoms with van der Waals surface area (Å²) in [6.07, 6.45) is 2.18. The molecule has 0 aromatic heterocycles. The Morgan fingerprint density at radius 3 is 2.24 bits per heavy atom. The molecule has 94 valence electrons. The van der Waals surface area contributed by atoms with Crippen molar-refractivity contribution in [3.05, 3.63) is 28.8 Å². The molecule has 0 bridgehead atoms. The molecule has 0 amide bonds. The van der Waals surface area contributed by atoms with Crippen molar-refractivity contribution in [1.82, 2.24) is 0 Å². The van der Waals surface area contributed by atoms with Gasteiger partial charge in [0.05, 0.1) is 7.11 Å². The van der Waals surface area contributed by atoms with Crippen LogP contribution in [-0.4, -0.2) is 7.11 Å². The van der Waals surface area contributed by atoms with Crippen molar-refractivity contribution in [2.24, 2.45) is 5.73 Å². The van der Waals surface area contributed by atoms with Gasteiger partial charge < -0.3 is 10.5 Å². The first-order valence-electron chi connectivity index (χ1n) is 6.26. The van der Waals surface area contributed by atoms with Crippen LogP contribution in [0.3, 0.4) is 0 Å². The summed E-state index contributed by atoms with van der Waals surface area (Å²) in [6.45, 7) is 8.77. The lowest BCUT2D eigenvalue weighted by molar-refractivity contribution is 0.396. The van der Waals surface area contributed by atoms with Crippen LogP contribution < -0.4 is 10.5 Å². The number of hydrogen-bond acceptors (Lipinski definition) is 2. The Balaban J connectivity index is 2.55. The molecule has 1 aromatic carbocycles. The van der Waals surface area contributed by atoms with Gasteiger partial charge in [-0.3, -0.25) is 0 Å². The van der Waals surface area contributed by atoms with Gasteiger partial charge in [0.1, 0.15) is 5.75 Å². The average molecular weight is 233 g/mol. The second-order valence-corrected chi connectivity index (χ2v) is 6.27. The first-order valence-corrected chi connectivity index (χ1v) is 6.26. The molecule has 1 saturated carbocycles. The smallest absolute Gasteiger partial charge is 0.122 e. The second kappa shape index (κ2) is 3.74. The minimum atomic E-state index is -0.0895. The van der Waals surface area contributed by atoms with Crippen LogP contribution in [0, 0.1) is 6.92 Å². The van der Waals surface area contributed by atoms with Gasteiger partial charge in [0.15, 0.2) is 0 Å². The van der Waals surface area contributed by atoms with Gasteiger partial charge >= 0.3 is 0 Å². The highest BCUT2D eigenvalue weighted by Gasteiger charge is 2.41. The van der Waals surface area contributed by atoms with Gasteiger partial charge in [-0.1, -0.05) is 26.8 Å². The maximum Gasteiger partial charge on any atom is 0.122 e. The van der Waals surface area contributed by atoms with Gasteiger partial charge in [-0.05, 0) is 47.9 Å². The first-order chi connectivity index (χ1) is 7.78. The van der Waals surface area contributed by atoms with Crippen molar-refractivity contribution >= 4 is 0 Å². The molecule has 0 radical (unpaired) electrons. The SMILES string of the molecule is COc1cc(C2(N)CC2)c(C)cc1C(C)(C)C. The number of rotatable bonds is 2. The predicted octanol–water partition coefficient (Wildman–Crippen LogP) is 3.25. The van der Waals surface area contributed by atoms with Gasteiger partial charge in [0.2, 0.25) is 0 Å². The Morgan fingerprint density at radius 1 is 1.24 bits per heavy atom. The van der Waals surface area contributed by atoms with Crippen LogP contribution in [0.4, 0.5) is 0 Å². The molecule has 0 unspecified atom stereocenters. The fraction of sp³-hybridized carbons (Fsp3) is 0.600. The van der Waals surface area contributed by atoms with E-state index < -0.39 is 0 Å². The van der Waals surface area contributed by atoms with Crippen molar-refractivity contribution in [1.29, 1.82) is 0 Å². The van der Waals surface area contributed by atoms with E-state index in [0.29, 0.717) is 0 Å². The van der Waals surface area contributed by atoms with E-state index in [4.69, 9.17) is 10.5 Å². The zero-order valence-electron chi connectivity index (χ0n) is 11.6. The van der Waals surface area contributed by atoms with Crippen LogP contribution in [0.5, 0.6) is 5.75 Å². The molecule has 0 atom stereocenters. The van der Waals surface area contributed by atoms with E-state index in [-0.39, 0.29) is 11.0 Å². The molecule has 2 nitrogen and oxygen atoms in total.